The maximum absolute atomic E-state index is 5.39. The van der Waals surface area contributed by atoms with Crippen molar-refractivity contribution in [3.8, 4) is 0 Å². The summed E-state index contributed by atoms with van der Waals surface area (Å²) in [5, 5.41) is 8.93. The summed E-state index contributed by atoms with van der Waals surface area (Å²) in [7, 11) is 8.40. The quantitative estimate of drug-likeness (QED) is 0.147. The van der Waals surface area contributed by atoms with Gasteiger partial charge in [0.05, 0.1) is 16.1 Å². The predicted molar refractivity (Wildman–Crippen MR) is 158 cm³/mol. The van der Waals surface area contributed by atoms with Crippen molar-refractivity contribution in [3.63, 3.8) is 0 Å². The second kappa shape index (κ2) is 11.9. The van der Waals surface area contributed by atoms with Crippen LogP contribution in [0.5, 0.6) is 0 Å². The minimum absolute atomic E-state index is 1.18. The maximum Gasteiger partial charge on any atom is 0.0662 e. The molecule has 0 saturated heterocycles. The predicted octanol–water partition coefficient (Wildman–Crippen LogP) is 8.56. The van der Waals surface area contributed by atoms with Gasteiger partial charge in [0, 0.05) is 0 Å². The van der Waals surface area contributed by atoms with Crippen molar-refractivity contribution in [2.24, 2.45) is 0 Å². The molecule has 0 aliphatic rings. The first-order chi connectivity index (χ1) is 15.2. The summed E-state index contributed by atoms with van der Waals surface area (Å²) in [5.74, 6) is 0. The van der Waals surface area contributed by atoms with Crippen LogP contribution in [0.1, 0.15) is 18.1 Å². The zero-order valence-corrected chi connectivity index (χ0v) is 28.7. The zero-order chi connectivity index (χ0) is 25.0. The number of benzene rings is 2. The van der Waals surface area contributed by atoms with Crippen LogP contribution >= 0.6 is 17.2 Å². The molecule has 4 aromatic rings. The van der Waals surface area contributed by atoms with Crippen LogP contribution in [0.2, 0.25) is 39.3 Å². The molecule has 0 aromatic heterocycles. The Hall–Kier alpha value is -0.586. The van der Waals surface area contributed by atoms with E-state index in [-0.39, 0.29) is 0 Å². The number of hydrogen-bond acceptors (Lipinski definition) is 0. The molecule has 0 unspecified atom stereocenters. The first-order valence-electron chi connectivity index (χ1n) is 11.5. The van der Waals surface area contributed by atoms with E-state index >= 15 is 0 Å². The van der Waals surface area contributed by atoms with Gasteiger partial charge in [-0.05, 0) is 0 Å². The molecule has 0 spiro atoms. The molecule has 178 valence electrons. The van der Waals surface area contributed by atoms with Crippen LogP contribution in [0.15, 0.2) is 60.7 Å². The molecule has 0 aliphatic carbocycles. The van der Waals surface area contributed by atoms with E-state index < -0.39 is 34.7 Å². The first kappa shape index (κ1) is 28.6. The third kappa shape index (κ3) is 8.25. The van der Waals surface area contributed by atoms with Gasteiger partial charge in [-0.2, -0.15) is 22.9 Å². The number of fused-ring (bicyclic) bond motifs is 2. The van der Waals surface area contributed by atoms with Gasteiger partial charge in [0.15, 0.2) is 0 Å². The van der Waals surface area contributed by atoms with Gasteiger partial charge in [0.2, 0.25) is 0 Å². The summed E-state index contributed by atoms with van der Waals surface area (Å²) in [5.41, 5.74) is 2.76. The molecule has 4 aromatic carbocycles. The molecule has 0 N–H and O–H groups in total. The Morgan fingerprint density at radius 2 is 1.03 bits per heavy atom. The van der Waals surface area contributed by atoms with Crippen LogP contribution in [0.25, 0.3) is 21.5 Å². The average molecular weight is 680 g/mol. The van der Waals surface area contributed by atoms with E-state index in [0.29, 0.717) is 0 Å². The summed E-state index contributed by atoms with van der Waals surface area (Å²) in [6.45, 7) is 20.7. The van der Waals surface area contributed by atoms with Gasteiger partial charge in [-0.25, -0.2) is 0 Å². The average Bonchev–Trinajstić information content (AvgIpc) is 3.27. The fourth-order valence-electron chi connectivity index (χ4n) is 4.08. The molecular weight excluding hydrogens is 642 g/mol. The van der Waals surface area contributed by atoms with Gasteiger partial charge in [0.1, 0.15) is 0 Å². The number of aryl methyl sites for hydroxylation is 2. The van der Waals surface area contributed by atoms with Crippen molar-refractivity contribution in [1.29, 1.82) is 0 Å². The Kier molecular flexibility index (Phi) is 10.3. The largest absolute Gasteiger partial charge is 0.165 e. The van der Waals surface area contributed by atoms with E-state index in [1.54, 1.807) is 10.4 Å². The van der Waals surface area contributed by atoms with E-state index in [1.165, 1.54) is 32.7 Å². The Morgan fingerprint density at radius 1 is 0.697 bits per heavy atom. The molecule has 0 radical (unpaired) electrons. The summed E-state index contributed by atoms with van der Waals surface area (Å²) in [6.07, 6.45) is 0. The van der Waals surface area contributed by atoms with Crippen molar-refractivity contribution >= 4 is 69.0 Å². The molecule has 4 rings (SSSR count). The smallest absolute Gasteiger partial charge is 0.0662 e. The van der Waals surface area contributed by atoms with Crippen LogP contribution < -0.4 is 10.4 Å². The van der Waals surface area contributed by atoms with Gasteiger partial charge in [-0.3, -0.25) is 0 Å². The van der Waals surface area contributed by atoms with Crippen molar-refractivity contribution in [1.82, 2.24) is 0 Å². The molecule has 0 heterocycles. The molecule has 0 nitrogen and oxygen atoms in total. The molecule has 0 saturated carbocycles. The Balaban J connectivity index is 0.000000195. The van der Waals surface area contributed by atoms with E-state index in [4.69, 9.17) is 17.2 Å². The topological polar surface area (TPSA) is 0 Å². The third-order valence-electron chi connectivity index (χ3n) is 5.62. The van der Waals surface area contributed by atoms with Crippen LogP contribution in [0, 0.1) is 13.8 Å². The minimum atomic E-state index is -1.88. The van der Waals surface area contributed by atoms with Gasteiger partial charge in [0.25, 0.3) is 0 Å². The summed E-state index contributed by atoms with van der Waals surface area (Å²) >= 11 is -1.88. The van der Waals surface area contributed by atoms with E-state index in [1.807, 2.05) is 10.7 Å². The van der Waals surface area contributed by atoms with Crippen molar-refractivity contribution < 1.29 is 18.6 Å². The van der Waals surface area contributed by atoms with Gasteiger partial charge in [-0.1, -0.05) is 65.3 Å². The Morgan fingerprint density at radius 3 is 1.30 bits per heavy atom. The molecule has 0 amide bonds. The summed E-state index contributed by atoms with van der Waals surface area (Å²) in [6, 6.07) is 22.6. The monoisotopic (exact) mass is 680 g/mol. The third-order valence-corrected chi connectivity index (χ3v) is 14.9. The van der Waals surface area contributed by atoms with E-state index in [2.05, 4.69) is 114 Å². The number of hydrogen-bond donors (Lipinski definition) is 0. The zero-order valence-electron chi connectivity index (χ0n) is 21.6. The standard InChI is InChI=1S/2C13H17Si.C2H4.2ClH.Hf/c2*1-10-8-11-6-5-7-13(12(11)9-10)14(2,3)4;1-2;;;/h2*5-9H,1-4H3;1H,2H3;2*1H;/q2*-1;;;;+2/p-2. The summed E-state index contributed by atoms with van der Waals surface area (Å²) < 4.78 is 1.91. The van der Waals surface area contributed by atoms with Gasteiger partial charge in [-0.15, -0.1) is 68.7 Å². The van der Waals surface area contributed by atoms with Gasteiger partial charge < -0.3 is 0 Å². The van der Waals surface area contributed by atoms with Crippen LogP contribution in [-0.2, 0) is 18.6 Å². The van der Waals surface area contributed by atoms with Crippen molar-refractivity contribution in [2.75, 3.05) is 0 Å². The van der Waals surface area contributed by atoms with E-state index in [9.17, 15) is 0 Å². The molecule has 0 fully saturated rings. The van der Waals surface area contributed by atoms with Crippen LogP contribution in [0.4, 0.5) is 0 Å². The minimum Gasteiger partial charge on any atom is -0.165 e. The first-order valence-corrected chi connectivity index (χ1v) is 29.5. The molecule has 0 aliphatic heterocycles. The number of rotatable bonds is 2. The van der Waals surface area contributed by atoms with Crippen molar-refractivity contribution in [3.05, 3.63) is 71.8 Å². The molecular formula is C28H38Cl2HfSi2-2. The fourth-order valence-corrected chi connectivity index (χ4v) is 7.32. The second-order valence-corrected chi connectivity index (χ2v) is 33.2. The van der Waals surface area contributed by atoms with Gasteiger partial charge >= 0.3 is 46.4 Å². The Labute approximate surface area is 217 Å². The number of halogens is 2. The van der Waals surface area contributed by atoms with Crippen LogP contribution in [-0.4, -0.2) is 19.9 Å². The SMILES string of the molecule is C[CH]=[Hf]([Cl])[Cl].Cc1cc2c([Si](C)(C)C)cccc2[cH-]1.Cc1cc2c([Si](C)(C)C)cccc2[cH-]1. The van der Waals surface area contributed by atoms with E-state index in [0.717, 1.165) is 0 Å². The fraction of sp³-hybridized carbons (Fsp3) is 0.321. The van der Waals surface area contributed by atoms with Crippen molar-refractivity contribution in [2.45, 2.75) is 60.1 Å². The molecule has 0 atom stereocenters. The molecule has 0 bridgehead atoms. The molecule has 33 heavy (non-hydrogen) atoms. The Bertz CT molecular complexity index is 1140. The normalized spacial score (nSPS) is 11.5. The molecule has 5 heteroatoms. The second-order valence-electron chi connectivity index (χ2n) is 10.8. The summed E-state index contributed by atoms with van der Waals surface area (Å²) in [4.78, 5) is 0. The maximum atomic E-state index is 5.39. The van der Waals surface area contributed by atoms with Crippen LogP contribution in [0.3, 0.4) is 0 Å².